The molecule has 4 N–H and O–H groups in total. The Kier molecular flexibility index (Phi) is 9.74. The zero-order valence-corrected chi connectivity index (χ0v) is 25.1. The Balaban J connectivity index is 1.14. The first-order chi connectivity index (χ1) is 21.6. The highest BCUT2D eigenvalue weighted by atomic mass is 16.6. The van der Waals surface area contributed by atoms with Crippen LogP contribution in [0.3, 0.4) is 0 Å². The van der Waals surface area contributed by atoms with Gasteiger partial charge in [-0.25, -0.2) is 19.7 Å². The lowest BCUT2D eigenvalue weighted by Gasteiger charge is -2.30. The SMILES string of the molecule is CC(O)[C@H](O[C@H](C)n1cnc2c(N)nc(C#CCC3CCN(C(=O)OCc4ccc([N+](=O)[O-])cc4)CC3)nc21)C(=O)NC1CC1. The lowest BCUT2D eigenvalue weighted by atomic mass is 9.94. The summed E-state index contributed by atoms with van der Waals surface area (Å²) in [4.78, 5) is 50.2. The molecule has 0 bridgehead atoms. The summed E-state index contributed by atoms with van der Waals surface area (Å²) in [6.45, 7) is 4.33. The van der Waals surface area contributed by atoms with Crippen LogP contribution < -0.4 is 11.1 Å². The van der Waals surface area contributed by atoms with Crippen LogP contribution in [0.1, 0.15) is 63.6 Å². The summed E-state index contributed by atoms with van der Waals surface area (Å²) in [6, 6.07) is 6.02. The van der Waals surface area contributed by atoms with Crippen LogP contribution in [0, 0.1) is 27.9 Å². The number of amides is 2. The third kappa shape index (κ3) is 8.02. The average Bonchev–Trinajstić information content (AvgIpc) is 3.73. The van der Waals surface area contributed by atoms with E-state index in [0.29, 0.717) is 36.2 Å². The first kappa shape index (κ1) is 31.6. The molecule has 2 fully saturated rings. The van der Waals surface area contributed by atoms with Crippen LogP contribution in [-0.4, -0.2) is 77.8 Å². The minimum Gasteiger partial charge on any atom is -0.445 e. The maximum atomic E-state index is 12.6. The number of aromatic nitrogens is 4. The molecule has 2 aromatic heterocycles. The molecule has 45 heavy (non-hydrogen) atoms. The van der Waals surface area contributed by atoms with Crippen molar-refractivity contribution in [1.82, 2.24) is 29.7 Å². The van der Waals surface area contributed by atoms with Gasteiger partial charge in [-0.15, -0.1) is 0 Å². The van der Waals surface area contributed by atoms with Gasteiger partial charge in [0.05, 0.1) is 17.4 Å². The molecule has 5 rings (SSSR count). The lowest BCUT2D eigenvalue weighted by molar-refractivity contribution is -0.384. The molecule has 1 aromatic carbocycles. The molecule has 15 heteroatoms. The first-order valence-electron chi connectivity index (χ1n) is 14.9. The van der Waals surface area contributed by atoms with E-state index < -0.39 is 29.5 Å². The van der Waals surface area contributed by atoms with Gasteiger partial charge in [0.25, 0.3) is 11.6 Å². The summed E-state index contributed by atoms with van der Waals surface area (Å²) in [5.74, 6) is 6.41. The van der Waals surface area contributed by atoms with Gasteiger partial charge in [-0.1, -0.05) is 5.92 Å². The van der Waals surface area contributed by atoms with Crippen molar-refractivity contribution in [3.63, 3.8) is 0 Å². The first-order valence-corrected chi connectivity index (χ1v) is 14.9. The summed E-state index contributed by atoms with van der Waals surface area (Å²) in [6.07, 6.45) is 2.21. The van der Waals surface area contributed by atoms with Crippen molar-refractivity contribution < 1.29 is 29.1 Å². The number of anilines is 1. The normalized spacial score (nSPS) is 17.2. The Morgan fingerprint density at radius 1 is 1.18 bits per heavy atom. The van der Waals surface area contributed by atoms with Crippen LogP contribution in [-0.2, 0) is 20.9 Å². The fraction of sp³-hybridized carbons (Fsp3) is 0.500. The molecule has 0 radical (unpaired) electrons. The number of benzene rings is 1. The number of ether oxygens (including phenoxy) is 2. The number of aliphatic hydroxyl groups is 1. The molecule has 1 unspecified atom stereocenters. The number of nitrogens with two attached hydrogens (primary N) is 1. The number of likely N-dealkylation sites (tertiary alicyclic amines) is 1. The van der Waals surface area contributed by atoms with E-state index in [9.17, 15) is 24.8 Å². The van der Waals surface area contributed by atoms with Crippen LogP contribution in [0.2, 0.25) is 0 Å². The van der Waals surface area contributed by atoms with E-state index in [1.807, 2.05) is 0 Å². The topological polar surface area (TPSA) is 201 Å². The molecule has 3 heterocycles. The van der Waals surface area contributed by atoms with Crippen molar-refractivity contribution >= 4 is 34.7 Å². The molecule has 2 amide bonds. The third-order valence-corrected chi connectivity index (χ3v) is 7.78. The Morgan fingerprint density at radius 2 is 1.89 bits per heavy atom. The number of carbonyl (C=O) groups excluding carboxylic acids is 2. The molecule has 2 aliphatic rings. The maximum absolute atomic E-state index is 12.6. The zero-order chi connectivity index (χ0) is 32.1. The van der Waals surface area contributed by atoms with Crippen LogP contribution in [0.15, 0.2) is 30.6 Å². The molecule has 238 valence electrons. The Bertz CT molecular complexity index is 1600. The number of nitrogen functional groups attached to an aromatic ring is 1. The highest BCUT2D eigenvalue weighted by Gasteiger charge is 2.32. The zero-order valence-electron chi connectivity index (χ0n) is 25.1. The average molecular weight is 621 g/mol. The summed E-state index contributed by atoms with van der Waals surface area (Å²) in [5.41, 5.74) is 7.58. The van der Waals surface area contributed by atoms with Crippen LogP contribution in [0.5, 0.6) is 0 Å². The number of nitro benzene ring substituents is 1. The van der Waals surface area contributed by atoms with E-state index in [2.05, 4.69) is 32.1 Å². The van der Waals surface area contributed by atoms with Crippen molar-refractivity contribution in [2.75, 3.05) is 18.8 Å². The third-order valence-electron chi connectivity index (χ3n) is 7.78. The molecule has 3 aromatic rings. The van der Waals surface area contributed by atoms with Gasteiger partial charge in [0.2, 0.25) is 5.82 Å². The number of carbonyl (C=O) groups is 2. The summed E-state index contributed by atoms with van der Waals surface area (Å²) < 4.78 is 12.9. The summed E-state index contributed by atoms with van der Waals surface area (Å²) in [7, 11) is 0. The predicted molar refractivity (Wildman–Crippen MR) is 161 cm³/mol. The van der Waals surface area contributed by atoms with Gasteiger partial charge in [-0.3, -0.25) is 19.5 Å². The van der Waals surface area contributed by atoms with E-state index in [1.54, 1.807) is 28.5 Å². The number of piperidine rings is 1. The monoisotopic (exact) mass is 620 g/mol. The number of fused-ring (bicyclic) bond motifs is 1. The fourth-order valence-electron chi connectivity index (χ4n) is 4.99. The second-order valence-corrected chi connectivity index (χ2v) is 11.4. The van der Waals surface area contributed by atoms with Crippen LogP contribution in [0.25, 0.3) is 11.2 Å². The molecule has 1 saturated carbocycles. The van der Waals surface area contributed by atoms with Gasteiger partial charge >= 0.3 is 6.09 Å². The number of imidazole rings is 1. The number of non-ortho nitro benzene ring substituents is 1. The van der Waals surface area contributed by atoms with Gasteiger partial charge < -0.3 is 30.5 Å². The minimum atomic E-state index is -1.07. The van der Waals surface area contributed by atoms with Crippen LogP contribution in [0.4, 0.5) is 16.3 Å². The van der Waals surface area contributed by atoms with Gasteiger partial charge in [-0.05, 0) is 69.1 Å². The smallest absolute Gasteiger partial charge is 0.410 e. The molecular formula is C30H36N8O7. The molecule has 1 aliphatic heterocycles. The standard InChI is InChI=1S/C30H36N8O7/c1-18(39)26(29(40)33-22-8-9-22)45-19(2)37-17-32-25-27(31)34-24(35-28(25)37)5-3-4-20-12-14-36(15-13-20)30(41)44-16-21-6-10-23(11-7-21)38(42)43/h6-7,10-11,17-20,22,26,39H,4,8-9,12-16H2,1-2H3,(H,33,40)(H2,31,34,35)/t18?,19-,26+/m1/s1. The second-order valence-electron chi connectivity index (χ2n) is 11.4. The summed E-state index contributed by atoms with van der Waals surface area (Å²) >= 11 is 0. The molecular weight excluding hydrogens is 584 g/mol. The van der Waals surface area contributed by atoms with E-state index in [4.69, 9.17) is 15.2 Å². The van der Waals surface area contributed by atoms with Crippen LogP contribution >= 0.6 is 0 Å². The minimum absolute atomic E-state index is 0.0189. The molecule has 0 spiro atoms. The number of hydrogen-bond donors (Lipinski definition) is 3. The Labute approximate surface area is 259 Å². The maximum Gasteiger partial charge on any atom is 0.410 e. The molecule has 1 saturated heterocycles. The molecule has 3 atom stereocenters. The van der Waals surface area contributed by atoms with Crippen molar-refractivity contribution in [3.05, 3.63) is 52.1 Å². The van der Waals surface area contributed by atoms with E-state index in [-0.39, 0.29) is 41.8 Å². The van der Waals surface area contributed by atoms with Gasteiger partial charge in [-0.2, -0.15) is 0 Å². The summed E-state index contributed by atoms with van der Waals surface area (Å²) in [5, 5.41) is 23.8. The molecule has 15 nitrogen and oxygen atoms in total. The number of nitrogens with zero attached hydrogens (tertiary/aromatic N) is 6. The number of nitro groups is 1. The number of aliphatic hydroxyl groups excluding tert-OH is 1. The van der Waals surface area contributed by atoms with E-state index >= 15 is 0 Å². The quantitative estimate of drug-likeness (QED) is 0.171. The number of hydrogen-bond acceptors (Lipinski definition) is 11. The second kappa shape index (κ2) is 13.9. The highest BCUT2D eigenvalue weighted by molar-refractivity contribution is 5.83. The van der Waals surface area contributed by atoms with Crippen molar-refractivity contribution in [1.29, 1.82) is 0 Å². The van der Waals surface area contributed by atoms with Crippen molar-refractivity contribution in [2.45, 2.75) is 77.0 Å². The van der Waals surface area contributed by atoms with E-state index in [0.717, 1.165) is 25.7 Å². The van der Waals surface area contributed by atoms with Gasteiger partial charge in [0.15, 0.2) is 17.6 Å². The molecule has 1 aliphatic carbocycles. The predicted octanol–water partition coefficient (Wildman–Crippen LogP) is 2.67. The largest absolute Gasteiger partial charge is 0.445 e. The van der Waals surface area contributed by atoms with Gasteiger partial charge in [0.1, 0.15) is 18.4 Å². The van der Waals surface area contributed by atoms with Crippen molar-refractivity contribution in [2.24, 2.45) is 5.92 Å². The Hall–Kier alpha value is -4.81. The number of nitrogens with one attached hydrogen (secondary N) is 1. The van der Waals surface area contributed by atoms with Crippen molar-refractivity contribution in [3.8, 4) is 11.8 Å². The van der Waals surface area contributed by atoms with Gasteiger partial charge in [0, 0.05) is 37.7 Å². The lowest BCUT2D eigenvalue weighted by Crippen LogP contribution is -2.44. The van der Waals surface area contributed by atoms with E-state index in [1.165, 1.54) is 25.4 Å². The highest BCUT2D eigenvalue weighted by Crippen LogP contribution is 2.24. The number of rotatable bonds is 10. The Morgan fingerprint density at radius 3 is 2.53 bits per heavy atom. The fourth-order valence-corrected chi connectivity index (χ4v) is 4.99.